The van der Waals surface area contributed by atoms with Crippen LogP contribution in [0.15, 0.2) is 40.8 Å². The number of nitrogens with one attached hydrogen (secondary N) is 1. The van der Waals surface area contributed by atoms with Gasteiger partial charge in [-0.1, -0.05) is 12.1 Å². The summed E-state index contributed by atoms with van der Waals surface area (Å²) in [7, 11) is 0. The van der Waals surface area contributed by atoms with Crippen LogP contribution in [0.2, 0.25) is 0 Å². The van der Waals surface area contributed by atoms with Crippen LogP contribution in [-0.2, 0) is 17.5 Å². The minimum atomic E-state index is -4.36. The van der Waals surface area contributed by atoms with Crippen LogP contribution in [0.25, 0.3) is 11.3 Å². The van der Waals surface area contributed by atoms with Crippen molar-refractivity contribution in [3.05, 3.63) is 47.7 Å². The molecule has 3 heterocycles. The van der Waals surface area contributed by atoms with Crippen molar-refractivity contribution in [2.75, 3.05) is 18.1 Å². The molecule has 2 aromatic rings. The summed E-state index contributed by atoms with van der Waals surface area (Å²) in [6.07, 6.45) is -1.28. The molecule has 1 aromatic carbocycles. The zero-order valence-electron chi connectivity index (χ0n) is 14.8. The van der Waals surface area contributed by atoms with Crippen LogP contribution < -0.4 is 5.32 Å². The number of halogens is 3. The second kappa shape index (κ2) is 7.53. The number of furan rings is 1. The smallest absolute Gasteiger partial charge is 0.416 e. The second-order valence-electron chi connectivity index (χ2n) is 7.25. The van der Waals surface area contributed by atoms with Crippen molar-refractivity contribution in [3.8, 4) is 11.3 Å². The number of alkyl halides is 3. The molecule has 0 radical (unpaired) electrons. The summed E-state index contributed by atoms with van der Waals surface area (Å²) in [6, 6.07) is 9.15. The third kappa shape index (κ3) is 4.36. The van der Waals surface area contributed by atoms with Crippen LogP contribution in [0.3, 0.4) is 0 Å². The van der Waals surface area contributed by atoms with Crippen molar-refractivity contribution in [3.63, 3.8) is 0 Å². The molecule has 2 aliphatic rings. The summed E-state index contributed by atoms with van der Waals surface area (Å²) >= 11 is 1.95. The predicted octanol–water partition coefficient (Wildman–Crippen LogP) is 5.11. The second-order valence-corrected chi connectivity index (χ2v) is 8.35. The van der Waals surface area contributed by atoms with Crippen molar-refractivity contribution in [1.82, 2.24) is 5.32 Å². The zero-order valence-corrected chi connectivity index (χ0v) is 15.7. The molecule has 1 aromatic heterocycles. The predicted molar refractivity (Wildman–Crippen MR) is 99.6 cm³/mol. The molecular weight excluding hydrogens is 375 g/mol. The molecule has 2 atom stereocenters. The Morgan fingerprint density at radius 3 is 2.89 bits per heavy atom. The number of benzene rings is 1. The Hall–Kier alpha value is -1.44. The highest BCUT2D eigenvalue weighted by molar-refractivity contribution is 7.99. The molecule has 146 valence electrons. The maximum absolute atomic E-state index is 12.9. The Morgan fingerprint density at radius 2 is 2.11 bits per heavy atom. The molecule has 2 aliphatic heterocycles. The third-order valence-corrected chi connectivity index (χ3v) is 6.48. The summed E-state index contributed by atoms with van der Waals surface area (Å²) in [5, 5.41) is 3.53. The molecule has 2 fully saturated rings. The van der Waals surface area contributed by atoms with Gasteiger partial charge in [0, 0.05) is 24.0 Å². The van der Waals surface area contributed by atoms with E-state index in [0.717, 1.165) is 55.3 Å². The van der Waals surface area contributed by atoms with Gasteiger partial charge in [0.25, 0.3) is 0 Å². The maximum Gasteiger partial charge on any atom is 0.416 e. The van der Waals surface area contributed by atoms with Gasteiger partial charge in [0.1, 0.15) is 11.5 Å². The van der Waals surface area contributed by atoms with Crippen LogP contribution in [-0.4, -0.2) is 29.8 Å². The lowest BCUT2D eigenvalue weighted by Crippen LogP contribution is -2.47. The van der Waals surface area contributed by atoms with Crippen LogP contribution in [0.5, 0.6) is 0 Å². The van der Waals surface area contributed by atoms with E-state index in [2.05, 4.69) is 5.32 Å². The molecule has 1 N–H and O–H groups in total. The largest absolute Gasteiger partial charge is 0.460 e. The molecular formula is C20H22F3NO2S. The third-order valence-electron chi connectivity index (χ3n) is 5.26. The molecule has 0 amide bonds. The summed E-state index contributed by atoms with van der Waals surface area (Å²) in [4.78, 5) is 0. The number of rotatable bonds is 4. The molecule has 0 saturated carbocycles. The van der Waals surface area contributed by atoms with E-state index in [1.165, 1.54) is 6.07 Å². The van der Waals surface area contributed by atoms with E-state index >= 15 is 0 Å². The summed E-state index contributed by atoms with van der Waals surface area (Å²) in [5.74, 6) is 3.40. The minimum Gasteiger partial charge on any atom is -0.460 e. The Balaban J connectivity index is 1.39. The first-order chi connectivity index (χ1) is 12.9. The van der Waals surface area contributed by atoms with E-state index in [1.807, 2.05) is 17.8 Å². The van der Waals surface area contributed by atoms with Gasteiger partial charge in [-0.15, -0.1) is 0 Å². The van der Waals surface area contributed by atoms with Crippen LogP contribution in [0.1, 0.15) is 30.6 Å². The van der Waals surface area contributed by atoms with Crippen molar-refractivity contribution in [2.45, 2.75) is 43.6 Å². The van der Waals surface area contributed by atoms with Gasteiger partial charge in [-0.2, -0.15) is 24.9 Å². The maximum atomic E-state index is 12.9. The van der Waals surface area contributed by atoms with Gasteiger partial charge in [-0.3, -0.25) is 0 Å². The van der Waals surface area contributed by atoms with Crippen molar-refractivity contribution in [1.29, 1.82) is 0 Å². The summed E-state index contributed by atoms with van der Waals surface area (Å²) in [6.45, 7) is 1.33. The van der Waals surface area contributed by atoms with E-state index < -0.39 is 11.7 Å². The average molecular weight is 397 g/mol. The monoisotopic (exact) mass is 397 g/mol. The number of thioether (sulfide) groups is 1. The fourth-order valence-electron chi connectivity index (χ4n) is 3.79. The lowest BCUT2D eigenvalue weighted by atomic mass is 9.90. The molecule has 3 nitrogen and oxygen atoms in total. The SMILES string of the molecule is FC(F)(F)c1cccc(-c2ccc(CNC3CCOC4(CCSC4)C3)o2)c1. The van der Waals surface area contributed by atoms with Crippen LogP contribution in [0.4, 0.5) is 13.2 Å². The molecule has 2 unspecified atom stereocenters. The quantitative estimate of drug-likeness (QED) is 0.778. The van der Waals surface area contributed by atoms with E-state index in [9.17, 15) is 13.2 Å². The first-order valence-corrected chi connectivity index (χ1v) is 10.3. The number of hydrogen-bond acceptors (Lipinski definition) is 4. The molecule has 4 rings (SSSR count). The fourth-order valence-corrected chi connectivity index (χ4v) is 5.17. The molecule has 0 bridgehead atoms. The molecule has 27 heavy (non-hydrogen) atoms. The average Bonchev–Trinajstić information content (AvgIpc) is 3.30. The van der Waals surface area contributed by atoms with E-state index in [0.29, 0.717) is 23.9 Å². The van der Waals surface area contributed by atoms with Gasteiger partial charge in [0.05, 0.1) is 17.7 Å². The minimum absolute atomic E-state index is 0.0208. The van der Waals surface area contributed by atoms with Gasteiger partial charge >= 0.3 is 6.18 Å². The number of hydrogen-bond donors (Lipinski definition) is 1. The Morgan fingerprint density at radius 1 is 1.22 bits per heavy atom. The fraction of sp³-hybridized carbons (Fsp3) is 0.500. The van der Waals surface area contributed by atoms with E-state index in [1.54, 1.807) is 12.1 Å². The standard InChI is InChI=1S/C20H22F3NO2S/c21-20(22,23)15-3-1-2-14(10-15)18-5-4-17(26-18)12-24-16-6-8-25-19(11-16)7-9-27-13-19/h1-5,10,16,24H,6-9,11-13H2. The van der Waals surface area contributed by atoms with Gasteiger partial charge in [0.15, 0.2) is 0 Å². The highest BCUT2D eigenvalue weighted by Gasteiger charge is 2.40. The summed E-state index contributed by atoms with van der Waals surface area (Å²) < 4.78 is 50.5. The van der Waals surface area contributed by atoms with Gasteiger partial charge in [-0.05, 0) is 49.3 Å². The van der Waals surface area contributed by atoms with Gasteiger partial charge in [0.2, 0.25) is 0 Å². The molecule has 0 aliphatic carbocycles. The lowest BCUT2D eigenvalue weighted by Gasteiger charge is -2.38. The topological polar surface area (TPSA) is 34.4 Å². The summed E-state index contributed by atoms with van der Waals surface area (Å²) in [5.41, 5.74) is -0.213. The Bertz CT molecular complexity index is 784. The number of ether oxygens (including phenoxy) is 1. The highest BCUT2D eigenvalue weighted by Crippen LogP contribution is 2.38. The Kier molecular flexibility index (Phi) is 5.27. The van der Waals surface area contributed by atoms with Gasteiger partial charge in [-0.25, -0.2) is 0 Å². The Labute approximate surface area is 160 Å². The zero-order chi connectivity index (χ0) is 18.9. The molecule has 1 spiro atoms. The van der Waals surface area contributed by atoms with Crippen molar-refractivity contribution < 1.29 is 22.3 Å². The van der Waals surface area contributed by atoms with E-state index in [4.69, 9.17) is 9.15 Å². The highest BCUT2D eigenvalue weighted by atomic mass is 32.2. The van der Waals surface area contributed by atoms with Crippen molar-refractivity contribution >= 4 is 11.8 Å². The normalized spacial score (nSPS) is 26.0. The van der Waals surface area contributed by atoms with Crippen molar-refractivity contribution in [2.24, 2.45) is 0 Å². The lowest BCUT2D eigenvalue weighted by molar-refractivity contribution is -0.137. The van der Waals surface area contributed by atoms with Gasteiger partial charge < -0.3 is 14.5 Å². The van der Waals surface area contributed by atoms with E-state index in [-0.39, 0.29) is 5.60 Å². The molecule has 2 saturated heterocycles. The van der Waals surface area contributed by atoms with Crippen LogP contribution in [0, 0.1) is 0 Å². The van der Waals surface area contributed by atoms with Crippen LogP contribution >= 0.6 is 11.8 Å². The first-order valence-electron chi connectivity index (χ1n) is 9.15. The molecule has 7 heteroatoms. The first kappa shape index (κ1) is 18.9.